The number of nitrogens with one attached hydrogen (secondary N) is 2. The third-order valence-corrected chi connectivity index (χ3v) is 6.55. The molecule has 0 bridgehead atoms. The van der Waals surface area contributed by atoms with Crippen LogP contribution in [0.1, 0.15) is 45.6 Å². The number of carbonyl (C=O) groups is 1. The molecule has 2 aromatic carbocycles. The Balaban J connectivity index is 1.51. The molecule has 0 saturated heterocycles. The van der Waals surface area contributed by atoms with Crippen LogP contribution in [0.4, 0.5) is 10.7 Å². The van der Waals surface area contributed by atoms with Crippen molar-refractivity contribution in [2.24, 2.45) is 0 Å². The number of amides is 1. The normalized spacial score (nSPS) is 14.7. The predicted octanol–water partition coefficient (Wildman–Crippen LogP) is 5.86. The molecule has 0 aliphatic heterocycles. The fourth-order valence-corrected chi connectivity index (χ4v) is 4.69. The Kier molecular flexibility index (Phi) is 6.60. The van der Waals surface area contributed by atoms with Gasteiger partial charge in [0.1, 0.15) is 11.4 Å². The largest absolute Gasteiger partial charge is 0.444 e. The van der Waals surface area contributed by atoms with Gasteiger partial charge >= 0.3 is 6.09 Å². The third-order valence-electron chi connectivity index (χ3n) is 6.55. The minimum Gasteiger partial charge on any atom is -0.444 e. The lowest BCUT2D eigenvalue weighted by Crippen LogP contribution is -2.52. The summed E-state index contributed by atoms with van der Waals surface area (Å²) < 4.78 is 11.8. The minimum atomic E-state index is -0.551. The standard InChI is InChI=1S/C29H32N4O4/c1-28(2,3)37-27(35)33-29(14-7-15-29)21-12-10-20(11-13-21)24-23(19-8-5-4-6-9-19)22-18-31-26(30-16-17-34)32-25(22)36-24/h4-6,8-13,18,34H,7,14-17H2,1-3H3,(H,33,35)(H,30,31,32). The Morgan fingerprint density at radius 2 is 1.81 bits per heavy atom. The van der Waals surface area contributed by atoms with Crippen molar-refractivity contribution in [2.45, 2.75) is 51.2 Å². The van der Waals surface area contributed by atoms with Crippen molar-refractivity contribution in [1.29, 1.82) is 0 Å². The first kappa shape index (κ1) is 24.8. The molecule has 8 heteroatoms. The van der Waals surface area contributed by atoms with Gasteiger partial charge in [-0.15, -0.1) is 0 Å². The van der Waals surface area contributed by atoms with Crippen LogP contribution < -0.4 is 10.6 Å². The summed E-state index contributed by atoms with van der Waals surface area (Å²) in [7, 11) is 0. The zero-order chi connectivity index (χ0) is 26.0. The summed E-state index contributed by atoms with van der Waals surface area (Å²) in [5.41, 5.74) is 3.36. The molecule has 37 heavy (non-hydrogen) atoms. The van der Waals surface area contributed by atoms with Crippen LogP contribution in [0.15, 0.2) is 65.2 Å². The van der Waals surface area contributed by atoms with Gasteiger partial charge in [-0.05, 0) is 51.2 Å². The number of furan rings is 1. The number of alkyl carbamates (subject to hydrolysis) is 1. The molecule has 8 nitrogen and oxygen atoms in total. The maximum absolute atomic E-state index is 12.5. The van der Waals surface area contributed by atoms with Gasteiger partial charge in [-0.1, -0.05) is 54.6 Å². The number of anilines is 1. The number of hydrogen-bond acceptors (Lipinski definition) is 7. The van der Waals surface area contributed by atoms with E-state index >= 15 is 0 Å². The lowest BCUT2D eigenvalue weighted by molar-refractivity contribution is 0.0377. The lowest BCUT2D eigenvalue weighted by atomic mass is 9.71. The second-order valence-corrected chi connectivity index (χ2v) is 10.4. The molecular weight excluding hydrogens is 468 g/mol. The number of rotatable bonds is 7. The Hall–Kier alpha value is -3.91. The first-order chi connectivity index (χ1) is 17.8. The summed E-state index contributed by atoms with van der Waals surface area (Å²) in [5, 5.41) is 16.0. The number of ether oxygens (including phenoxy) is 1. The average molecular weight is 501 g/mol. The van der Waals surface area contributed by atoms with Gasteiger partial charge in [0.25, 0.3) is 0 Å². The average Bonchev–Trinajstić information content (AvgIpc) is 3.23. The van der Waals surface area contributed by atoms with Crippen LogP contribution >= 0.6 is 0 Å². The zero-order valence-electron chi connectivity index (χ0n) is 21.4. The third kappa shape index (κ3) is 5.15. The number of hydrogen-bond donors (Lipinski definition) is 3. The molecule has 0 radical (unpaired) electrons. The highest BCUT2D eigenvalue weighted by atomic mass is 16.6. The number of aliphatic hydroxyl groups excluding tert-OH is 1. The molecule has 0 atom stereocenters. The molecule has 1 fully saturated rings. The van der Waals surface area contributed by atoms with Crippen molar-refractivity contribution in [3.05, 3.63) is 66.4 Å². The Morgan fingerprint density at radius 3 is 2.43 bits per heavy atom. The number of carbonyl (C=O) groups excluding carboxylic acids is 1. The van der Waals surface area contributed by atoms with Crippen LogP contribution in [0.25, 0.3) is 33.6 Å². The van der Waals surface area contributed by atoms with Crippen LogP contribution in [-0.4, -0.2) is 39.9 Å². The van der Waals surface area contributed by atoms with E-state index in [1.165, 1.54) is 0 Å². The monoisotopic (exact) mass is 500 g/mol. The highest BCUT2D eigenvalue weighted by Gasteiger charge is 2.41. The van der Waals surface area contributed by atoms with Crippen molar-refractivity contribution in [3.8, 4) is 22.5 Å². The molecule has 1 aliphatic rings. The van der Waals surface area contributed by atoms with Crippen LogP contribution in [0.5, 0.6) is 0 Å². The topological polar surface area (TPSA) is 110 Å². The molecule has 5 rings (SSSR count). The van der Waals surface area contributed by atoms with Crippen molar-refractivity contribution >= 4 is 23.1 Å². The maximum atomic E-state index is 12.5. The van der Waals surface area contributed by atoms with Crippen molar-refractivity contribution in [2.75, 3.05) is 18.5 Å². The van der Waals surface area contributed by atoms with E-state index in [-0.39, 0.29) is 6.61 Å². The van der Waals surface area contributed by atoms with Gasteiger partial charge in [0, 0.05) is 23.9 Å². The Morgan fingerprint density at radius 1 is 1.08 bits per heavy atom. The summed E-state index contributed by atoms with van der Waals surface area (Å²) in [6.45, 7) is 5.93. The van der Waals surface area contributed by atoms with Gasteiger partial charge in [0.15, 0.2) is 0 Å². The number of nitrogens with zero attached hydrogens (tertiary/aromatic N) is 2. The summed E-state index contributed by atoms with van der Waals surface area (Å²) in [5.74, 6) is 1.10. The molecule has 2 heterocycles. The van der Waals surface area contributed by atoms with Crippen LogP contribution in [0.2, 0.25) is 0 Å². The van der Waals surface area contributed by atoms with E-state index in [1.807, 2.05) is 75.4 Å². The second kappa shape index (κ2) is 9.86. The quantitative estimate of drug-likeness (QED) is 0.291. The van der Waals surface area contributed by atoms with E-state index in [9.17, 15) is 4.79 Å². The lowest BCUT2D eigenvalue weighted by Gasteiger charge is -2.43. The molecular formula is C29H32N4O4. The summed E-state index contributed by atoms with van der Waals surface area (Å²) in [4.78, 5) is 21.5. The van der Waals surface area contributed by atoms with Crippen LogP contribution in [0, 0.1) is 0 Å². The van der Waals surface area contributed by atoms with Crippen LogP contribution in [-0.2, 0) is 10.3 Å². The Bertz CT molecular complexity index is 1390. The molecule has 192 valence electrons. The van der Waals surface area contributed by atoms with Gasteiger partial charge in [-0.25, -0.2) is 9.78 Å². The van der Waals surface area contributed by atoms with Crippen molar-refractivity contribution < 1.29 is 19.1 Å². The van der Waals surface area contributed by atoms with Crippen molar-refractivity contribution in [3.63, 3.8) is 0 Å². The molecule has 4 aromatic rings. The first-order valence-corrected chi connectivity index (χ1v) is 12.6. The molecule has 2 aromatic heterocycles. The number of aliphatic hydroxyl groups is 1. The SMILES string of the molecule is CC(C)(C)OC(=O)NC1(c2ccc(-c3oc4nc(NCCO)ncc4c3-c3ccccc3)cc2)CCC1. The van der Waals surface area contributed by atoms with Gasteiger partial charge in [-0.2, -0.15) is 4.98 Å². The number of fused-ring (bicyclic) bond motifs is 1. The van der Waals surface area contributed by atoms with E-state index in [0.29, 0.717) is 24.0 Å². The van der Waals surface area contributed by atoms with Gasteiger partial charge in [0.05, 0.1) is 17.5 Å². The van der Waals surface area contributed by atoms with Gasteiger partial charge < -0.3 is 24.9 Å². The summed E-state index contributed by atoms with van der Waals surface area (Å²) >= 11 is 0. The molecule has 1 saturated carbocycles. The summed E-state index contributed by atoms with van der Waals surface area (Å²) in [6.07, 6.45) is 4.13. The Labute approximate surface area is 216 Å². The minimum absolute atomic E-state index is 0.0172. The predicted molar refractivity (Wildman–Crippen MR) is 143 cm³/mol. The maximum Gasteiger partial charge on any atom is 0.408 e. The highest BCUT2D eigenvalue weighted by molar-refractivity contribution is 6.00. The van der Waals surface area contributed by atoms with E-state index in [2.05, 4.69) is 20.6 Å². The van der Waals surface area contributed by atoms with E-state index in [0.717, 1.165) is 46.9 Å². The van der Waals surface area contributed by atoms with Gasteiger partial charge in [0.2, 0.25) is 11.7 Å². The molecule has 0 unspecified atom stereocenters. The summed E-state index contributed by atoms with van der Waals surface area (Å²) in [6, 6.07) is 18.2. The molecule has 3 N–H and O–H groups in total. The van der Waals surface area contributed by atoms with E-state index in [1.54, 1.807) is 6.20 Å². The molecule has 1 amide bonds. The second-order valence-electron chi connectivity index (χ2n) is 10.4. The molecule has 1 aliphatic carbocycles. The zero-order valence-corrected chi connectivity index (χ0v) is 21.4. The van der Waals surface area contributed by atoms with Crippen LogP contribution in [0.3, 0.4) is 0 Å². The fourth-order valence-electron chi connectivity index (χ4n) is 4.69. The number of benzene rings is 2. The fraction of sp³-hybridized carbons (Fsp3) is 0.345. The first-order valence-electron chi connectivity index (χ1n) is 12.6. The van der Waals surface area contributed by atoms with E-state index < -0.39 is 17.2 Å². The number of aromatic nitrogens is 2. The van der Waals surface area contributed by atoms with Gasteiger partial charge in [-0.3, -0.25) is 0 Å². The molecule has 0 spiro atoms. The van der Waals surface area contributed by atoms with Crippen molar-refractivity contribution in [1.82, 2.24) is 15.3 Å². The highest BCUT2D eigenvalue weighted by Crippen LogP contribution is 2.44. The van der Waals surface area contributed by atoms with E-state index in [4.69, 9.17) is 14.3 Å². The smallest absolute Gasteiger partial charge is 0.408 e.